The number of carbonyl (C=O) groups excluding carboxylic acids is 3. The van der Waals surface area contributed by atoms with Crippen LogP contribution < -0.4 is 10.1 Å². The largest absolute Gasteiger partial charge is 0.490 e. The minimum absolute atomic E-state index is 0.0720. The van der Waals surface area contributed by atoms with Crippen LogP contribution in [0.15, 0.2) is 42.5 Å². The summed E-state index contributed by atoms with van der Waals surface area (Å²) in [7, 11) is 0. The Labute approximate surface area is 196 Å². The number of halogens is 2. The van der Waals surface area contributed by atoms with Gasteiger partial charge >= 0.3 is 11.8 Å². The molecule has 0 aromatic heterocycles. The molecule has 1 N–H and O–H groups in total. The van der Waals surface area contributed by atoms with E-state index in [2.05, 4.69) is 5.32 Å². The van der Waals surface area contributed by atoms with Crippen molar-refractivity contribution < 1.29 is 23.5 Å². The van der Waals surface area contributed by atoms with Crippen LogP contribution in [0.25, 0.3) is 0 Å². The second-order valence-electron chi connectivity index (χ2n) is 8.21. The van der Waals surface area contributed by atoms with Crippen molar-refractivity contribution >= 4 is 35.0 Å². The minimum Gasteiger partial charge on any atom is -0.490 e. The van der Waals surface area contributed by atoms with Gasteiger partial charge in [-0.05, 0) is 55.3 Å². The summed E-state index contributed by atoms with van der Waals surface area (Å²) in [5.74, 6) is -1.27. The van der Waals surface area contributed by atoms with Crippen LogP contribution in [0.5, 0.6) is 5.75 Å². The van der Waals surface area contributed by atoms with E-state index in [1.54, 1.807) is 23.1 Å². The fourth-order valence-electron chi connectivity index (χ4n) is 4.07. The summed E-state index contributed by atoms with van der Waals surface area (Å²) in [6.45, 7) is 2.12. The Morgan fingerprint density at radius 3 is 2.27 bits per heavy atom. The highest BCUT2D eigenvalue weighted by atomic mass is 35.5. The Morgan fingerprint density at radius 2 is 1.61 bits per heavy atom. The summed E-state index contributed by atoms with van der Waals surface area (Å²) in [6, 6.07) is 10.5. The zero-order chi connectivity index (χ0) is 23.4. The number of benzene rings is 2. The maximum absolute atomic E-state index is 13.1. The normalized spacial score (nSPS) is 16.5. The number of anilines is 1. The Hall–Kier alpha value is -3.13. The van der Waals surface area contributed by atoms with E-state index in [4.69, 9.17) is 16.3 Å². The Kier molecular flexibility index (Phi) is 7.13. The summed E-state index contributed by atoms with van der Waals surface area (Å²) < 4.78 is 18.9. The molecule has 9 heteroatoms. The predicted molar refractivity (Wildman–Crippen MR) is 122 cm³/mol. The molecule has 2 heterocycles. The van der Waals surface area contributed by atoms with Crippen molar-refractivity contribution in [3.05, 3.63) is 58.9 Å². The molecule has 0 spiro atoms. The lowest BCUT2D eigenvalue weighted by Gasteiger charge is -2.32. The van der Waals surface area contributed by atoms with E-state index >= 15 is 0 Å². The van der Waals surface area contributed by atoms with Gasteiger partial charge in [0, 0.05) is 44.7 Å². The SMILES string of the molecule is O=C(Nc1ccc(Cl)c(C(=O)N2CCC(Oc3ccc(F)cc3)CC2)c1)C(=O)N1CCCC1. The molecule has 2 saturated heterocycles. The molecule has 0 bridgehead atoms. The third-order valence-corrected chi connectivity index (χ3v) is 6.22. The molecule has 3 amide bonds. The number of nitrogens with zero attached hydrogens (tertiary/aromatic N) is 2. The molecule has 4 rings (SSSR count). The van der Waals surface area contributed by atoms with Crippen molar-refractivity contribution in [2.75, 3.05) is 31.5 Å². The van der Waals surface area contributed by atoms with E-state index < -0.39 is 11.8 Å². The van der Waals surface area contributed by atoms with E-state index in [0.717, 1.165) is 12.8 Å². The van der Waals surface area contributed by atoms with Crippen molar-refractivity contribution in [1.82, 2.24) is 9.80 Å². The van der Waals surface area contributed by atoms with Gasteiger partial charge in [-0.15, -0.1) is 0 Å². The number of hydrogen-bond acceptors (Lipinski definition) is 4. The summed E-state index contributed by atoms with van der Waals surface area (Å²) in [5, 5.41) is 2.85. The maximum Gasteiger partial charge on any atom is 0.313 e. The predicted octanol–water partition coefficient (Wildman–Crippen LogP) is 3.72. The minimum atomic E-state index is -0.726. The Bertz CT molecular complexity index is 1030. The van der Waals surface area contributed by atoms with Crippen LogP contribution in [0.1, 0.15) is 36.0 Å². The van der Waals surface area contributed by atoms with Gasteiger partial charge in [0.05, 0.1) is 10.6 Å². The highest BCUT2D eigenvalue weighted by Crippen LogP contribution is 2.25. The quantitative estimate of drug-likeness (QED) is 0.686. The molecule has 0 radical (unpaired) electrons. The summed E-state index contributed by atoms with van der Waals surface area (Å²) in [4.78, 5) is 40.8. The van der Waals surface area contributed by atoms with E-state index in [1.165, 1.54) is 29.2 Å². The van der Waals surface area contributed by atoms with Gasteiger partial charge in [0.1, 0.15) is 17.7 Å². The number of amides is 3. The van der Waals surface area contributed by atoms with Gasteiger partial charge in [0.15, 0.2) is 0 Å². The molecule has 2 aliphatic rings. The van der Waals surface area contributed by atoms with Crippen LogP contribution in [0, 0.1) is 5.82 Å². The number of ether oxygens (including phenoxy) is 1. The van der Waals surface area contributed by atoms with Crippen molar-refractivity contribution in [3.63, 3.8) is 0 Å². The fourth-order valence-corrected chi connectivity index (χ4v) is 4.27. The van der Waals surface area contributed by atoms with Crippen molar-refractivity contribution in [1.29, 1.82) is 0 Å². The number of rotatable bonds is 4. The molecule has 0 saturated carbocycles. The van der Waals surface area contributed by atoms with Crippen molar-refractivity contribution in [2.45, 2.75) is 31.8 Å². The molecule has 7 nitrogen and oxygen atoms in total. The van der Waals surface area contributed by atoms with Gasteiger partial charge < -0.3 is 19.9 Å². The Balaban J connectivity index is 1.35. The first-order chi connectivity index (χ1) is 15.9. The first-order valence-corrected chi connectivity index (χ1v) is 11.4. The molecule has 0 aliphatic carbocycles. The van der Waals surface area contributed by atoms with Crippen LogP contribution >= 0.6 is 11.6 Å². The smallest absolute Gasteiger partial charge is 0.313 e. The van der Waals surface area contributed by atoms with Crippen LogP contribution in [-0.4, -0.2) is 59.8 Å². The third-order valence-electron chi connectivity index (χ3n) is 5.89. The first-order valence-electron chi connectivity index (χ1n) is 11.0. The van der Waals surface area contributed by atoms with Gasteiger partial charge in [0.25, 0.3) is 5.91 Å². The average Bonchev–Trinajstić information content (AvgIpc) is 3.36. The molecule has 33 heavy (non-hydrogen) atoms. The maximum atomic E-state index is 13.1. The number of likely N-dealkylation sites (tertiary alicyclic amines) is 2. The van der Waals surface area contributed by atoms with E-state index in [1.807, 2.05) is 0 Å². The lowest BCUT2D eigenvalue weighted by atomic mass is 10.1. The number of piperidine rings is 1. The van der Waals surface area contributed by atoms with E-state index in [0.29, 0.717) is 50.5 Å². The standard InChI is InChI=1S/C24H25ClFN3O4/c25-21-8-5-17(27-22(30)24(32)28-11-1-2-12-28)15-20(21)23(31)29-13-9-19(10-14-29)33-18-6-3-16(26)4-7-18/h3-8,15,19H,1-2,9-14H2,(H,27,30). The van der Waals surface area contributed by atoms with Gasteiger partial charge in [-0.1, -0.05) is 11.6 Å². The van der Waals surface area contributed by atoms with Crippen molar-refractivity contribution in [2.24, 2.45) is 0 Å². The second-order valence-corrected chi connectivity index (χ2v) is 8.62. The van der Waals surface area contributed by atoms with Crippen molar-refractivity contribution in [3.8, 4) is 5.75 Å². The second kappa shape index (κ2) is 10.2. The highest BCUT2D eigenvalue weighted by molar-refractivity contribution is 6.39. The van der Waals surface area contributed by atoms with Gasteiger partial charge in [0.2, 0.25) is 0 Å². The fraction of sp³-hybridized carbons (Fsp3) is 0.375. The van der Waals surface area contributed by atoms with Gasteiger partial charge in [-0.3, -0.25) is 14.4 Å². The van der Waals surface area contributed by atoms with Crippen LogP contribution in [0.3, 0.4) is 0 Å². The number of nitrogens with one attached hydrogen (secondary N) is 1. The lowest BCUT2D eigenvalue weighted by molar-refractivity contribution is -0.142. The average molecular weight is 474 g/mol. The molecular weight excluding hydrogens is 449 g/mol. The molecule has 174 valence electrons. The van der Waals surface area contributed by atoms with E-state index in [-0.39, 0.29) is 28.4 Å². The molecule has 0 atom stereocenters. The zero-order valence-corrected chi connectivity index (χ0v) is 18.8. The number of carbonyl (C=O) groups is 3. The summed E-state index contributed by atoms with van der Waals surface area (Å²) in [6.07, 6.45) is 2.97. The Morgan fingerprint density at radius 1 is 0.939 bits per heavy atom. The monoisotopic (exact) mass is 473 g/mol. The summed E-state index contributed by atoms with van der Waals surface area (Å²) >= 11 is 6.27. The molecular formula is C24H25ClFN3O4. The van der Waals surface area contributed by atoms with Crippen LogP contribution in [-0.2, 0) is 9.59 Å². The van der Waals surface area contributed by atoms with Crippen LogP contribution in [0.4, 0.5) is 10.1 Å². The first kappa shape index (κ1) is 23.0. The summed E-state index contributed by atoms with van der Waals surface area (Å²) in [5.41, 5.74) is 0.607. The van der Waals surface area contributed by atoms with Gasteiger partial charge in [-0.2, -0.15) is 0 Å². The van der Waals surface area contributed by atoms with E-state index in [9.17, 15) is 18.8 Å². The van der Waals surface area contributed by atoms with Crippen LogP contribution in [0.2, 0.25) is 5.02 Å². The highest BCUT2D eigenvalue weighted by Gasteiger charge is 2.27. The molecule has 2 aliphatic heterocycles. The number of hydrogen-bond donors (Lipinski definition) is 1. The molecule has 2 aromatic carbocycles. The van der Waals surface area contributed by atoms with Gasteiger partial charge in [-0.25, -0.2) is 4.39 Å². The molecule has 2 aromatic rings. The third kappa shape index (κ3) is 5.63. The topological polar surface area (TPSA) is 79.0 Å². The lowest BCUT2D eigenvalue weighted by Crippen LogP contribution is -2.42. The molecule has 2 fully saturated rings. The molecule has 0 unspecified atom stereocenters. The zero-order valence-electron chi connectivity index (χ0n) is 18.1.